The number of piperidine rings is 1. The van der Waals surface area contributed by atoms with Crippen LogP contribution in [-0.4, -0.2) is 45.0 Å². The Balaban J connectivity index is 1.98. The van der Waals surface area contributed by atoms with Crippen molar-refractivity contribution in [1.29, 1.82) is 0 Å². The molecule has 3 amide bonds. The number of rotatable bonds is 1. The predicted molar refractivity (Wildman–Crippen MR) is 66.6 cm³/mol. The number of fused-ring (bicyclic) bond motifs is 1. The molecule has 2 atom stereocenters. The highest BCUT2D eigenvalue weighted by Gasteiger charge is 2.45. The summed E-state index contributed by atoms with van der Waals surface area (Å²) >= 11 is 0. The highest BCUT2D eigenvalue weighted by Crippen LogP contribution is 2.28. The van der Waals surface area contributed by atoms with Crippen LogP contribution in [0.2, 0.25) is 0 Å². The second kappa shape index (κ2) is 4.38. The first-order valence-corrected chi connectivity index (χ1v) is 6.31. The Kier molecular flexibility index (Phi) is 2.79. The van der Waals surface area contributed by atoms with Gasteiger partial charge in [-0.25, -0.2) is 0 Å². The lowest BCUT2D eigenvalue weighted by Gasteiger charge is -2.33. The van der Waals surface area contributed by atoms with Crippen molar-refractivity contribution >= 4 is 17.7 Å². The molecule has 0 saturated carbocycles. The van der Waals surface area contributed by atoms with Gasteiger partial charge in [0, 0.05) is 12.6 Å². The van der Waals surface area contributed by atoms with Gasteiger partial charge in [-0.05, 0) is 25.0 Å². The molecule has 2 unspecified atom stereocenters. The van der Waals surface area contributed by atoms with Crippen LogP contribution in [0.3, 0.4) is 0 Å². The molecule has 104 valence electrons. The molecule has 2 N–H and O–H groups in total. The van der Waals surface area contributed by atoms with E-state index >= 15 is 0 Å². The smallest absolute Gasteiger partial charge is 0.280 e. The summed E-state index contributed by atoms with van der Waals surface area (Å²) in [5, 5.41) is 12.2. The summed E-state index contributed by atoms with van der Waals surface area (Å²) in [4.78, 5) is 40.9. The number of aryl methyl sites for hydroxylation is 1. The number of carbonyl (C=O) groups excluding carboxylic acids is 3. The largest absolute Gasteiger partial charge is 0.372 e. The lowest BCUT2D eigenvalue weighted by atomic mass is 10.0. The maximum Gasteiger partial charge on any atom is 0.280 e. The number of aliphatic hydroxyl groups excluding tert-OH is 1. The fourth-order valence-corrected chi connectivity index (χ4v) is 2.66. The Morgan fingerprint density at radius 2 is 2.10 bits per heavy atom. The predicted octanol–water partition coefficient (Wildman–Crippen LogP) is -0.417. The minimum Gasteiger partial charge on any atom is -0.372 e. The van der Waals surface area contributed by atoms with Gasteiger partial charge in [-0.3, -0.25) is 24.3 Å². The van der Waals surface area contributed by atoms with Gasteiger partial charge >= 0.3 is 0 Å². The van der Waals surface area contributed by atoms with Gasteiger partial charge in [0.15, 0.2) is 0 Å². The van der Waals surface area contributed by atoms with E-state index < -0.39 is 24.1 Å². The van der Waals surface area contributed by atoms with Gasteiger partial charge in [0.05, 0.1) is 11.6 Å². The Bertz CT molecular complexity index is 628. The SMILES string of the molecule is Cc1ccnc2c1C(=O)N(C1CCC(=O)NC1O)C2=O. The zero-order chi connectivity index (χ0) is 14.4. The normalized spacial score (nSPS) is 25.7. The zero-order valence-electron chi connectivity index (χ0n) is 10.8. The monoisotopic (exact) mass is 275 g/mol. The maximum atomic E-state index is 12.4. The molecule has 2 aliphatic rings. The lowest BCUT2D eigenvalue weighted by Crippen LogP contribution is -2.57. The molecular formula is C13H13N3O4. The van der Waals surface area contributed by atoms with E-state index in [9.17, 15) is 19.5 Å². The Morgan fingerprint density at radius 3 is 2.75 bits per heavy atom. The molecule has 1 fully saturated rings. The average molecular weight is 275 g/mol. The van der Waals surface area contributed by atoms with Gasteiger partial charge in [0.1, 0.15) is 11.9 Å². The van der Waals surface area contributed by atoms with Crippen LogP contribution in [0.1, 0.15) is 39.3 Å². The third-order valence-electron chi connectivity index (χ3n) is 3.69. The number of imide groups is 1. The standard InChI is InChI=1S/C13H13N3O4/c1-6-4-5-14-10-9(6)12(19)16(13(10)20)7-2-3-8(17)15-11(7)18/h4-5,7,11,18H,2-3H2,1H3,(H,15,17). The van der Waals surface area contributed by atoms with Gasteiger partial charge in [-0.1, -0.05) is 0 Å². The summed E-state index contributed by atoms with van der Waals surface area (Å²) < 4.78 is 0. The first-order chi connectivity index (χ1) is 9.50. The van der Waals surface area contributed by atoms with Crippen LogP contribution in [0, 0.1) is 6.92 Å². The van der Waals surface area contributed by atoms with Gasteiger partial charge in [-0.2, -0.15) is 0 Å². The van der Waals surface area contributed by atoms with E-state index in [0.29, 0.717) is 5.56 Å². The van der Waals surface area contributed by atoms with E-state index in [1.807, 2.05) is 0 Å². The molecule has 7 heteroatoms. The second-order valence-electron chi connectivity index (χ2n) is 4.95. The number of hydrogen-bond acceptors (Lipinski definition) is 5. The molecule has 1 saturated heterocycles. The second-order valence-corrected chi connectivity index (χ2v) is 4.95. The Labute approximate surface area is 114 Å². The van der Waals surface area contributed by atoms with Crippen LogP contribution in [0.5, 0.6) is 0 Å². The van der Waals surface area contributed by atoms with E-state index in [1.54, 1.807) is 13.0 Å². The molecule has 3 heterocycles. The summed E-state index contributed by atoms with van der Waals surface area (Å²) in [6, 6.07) is 0.911. The van der Waals surface area contributed by atoms with Crippen LogP contribution in [0.4, 0.5) is 0 Å². The Hall–Kier alpha value is -2.28. The Morgan fingerprint density at radius 1 is 1.35 bits per heavy atom. The molecule has 1 aromatic heterocycles. The molecule has 0 aromatic carbocycles. The van der Waals surface area contributed by atoms with Gasteiger partial charge in [-0.15, -0.1) is 0 Å². The minimum atomic E-state index is -1.24. The zero-order valence-corrected chi connectivity index (χ0v) is 10.8. The van der Waals surface area contributed by atoms with Crippen LogP contribution in [0.15, 0.2) is 12.3 Å². The molecule has 2 aliphatic heterocycles. The highest BCUT2D eigenvalue weighted by molar-refractivity contribution is 6.21. The number of carbonyl (C=O) groups is 3. The molecule has 7 nitrogen and oxygen atoms in total. The molecular weight excluding hydrogens is 262 g/mol. The van der Waals surface area contributed by atoms with E-state index in [4.69, 9.17) is 0 Å². The molecule has 0 spiro atoms. The highest BCUT2D eigenvalue weighted by atomic mass is 16.3. The summed E-state index contributed by atoms with van der Waals surface area (Å²) in [6.07, 6.45) is 0.653. The van der Waals surface area contributed by atoms with E-state index in [2.05, 4.69) is 10.3 Å². The van der Waals surface area contributed by atoms with Crippen molar-refractivity contribution in [3.63, 3.8) is 0 Å². The van der Waals surface area contributed by atoms with Gasteiger partial charge < -0.3 is 10.4 Å². The van der Waals surface area contributed by atoms with E-state index in [-0.39, 0.29) is 30.0 Å². The minimum absolute atomic E-state index is 0.110. The van der Waals surface area contributed by atoms with Crippen molar-refractivity contribution in [2.24, 2.45) is 0 Å². The molecule has 0 aliphatic carbocycles. The van der Waals surface area contributed by atoms with Crippen LogP contribution >= 0.6 is 0 Å². The van der Waals surface area contributed by atoms with Crippen molar-refractivity contribution in [1.82, 2.24) is 15.2 Å². The number of nitrogens with zero attached hydrogens (tertiary/aromatic N) is 2. The average Bonchev–Trinajstić information content (AvgIpc) is 2.64. The third-order valence-corrected chi connectivity index (χ3v) is 3.69. The number of aromatic nitrogens is 1. The van der Waals surface area contributed by atoms with Crippen LogP contribution < -0.4 is 5.32 Å². The number of amides is 3. The van der Waals surface area contributed by atoms with Crippen LogP contribution in [-0.2, 0) is 4.79 Å². The van der Waals surface area contributed by atoms with Crippen molar-refractivity contribution in [3.8, 4) is 0 Å². The van der Waals surface area contributed by atoms with Crippen molar-refractivity contribution in [2.75, 3.05) is 0 Å². The summed E-state index contributed by atoms with van der Waals surface area (Å²) in [5.74, 6) is -1.27. The fourth-order valence-electron chi connectivity index (χ4n) is 2.66. The maximum absolute atomic E-state index is 12.4. The van der Waals surface area contributed by atoms with Crippen molar-refractivity contribution in [2.45, 2.75) is 32.0 Å². The van der Waals surface area contributed by atoms with Gasteiger partial charge in [0.2, 0.25) is 5.91 Å². The summed E-state index contributed by atoms with van der Waals surface area (Å²) in [6.45, 7) is 1.73. The number of pyridine rings is 1. The van der Waals surface area contributed by atoms with Gasteiger partial charge in [0.25, 0.3) is 11.8 Å². The van der Waals surface area contributed by atoms with Crippen LogP contribution in [0.25, 0.3) is 0 Å². The summed E-state index contributed by atoms with van der Waals surface area (Å²) in [5.41, 5.74) is 1.06. The summed E-state index contributed by atoms with van der Waals surface area (Å²) in [7, 11) is 0. The number of hydrogen-bond donors (Lipinski definition) is 2. The fraction of sp³-hybridized carbons (Fsp3) is 0.385. The van der Waals surface area contributed by atoms with Crippen molar-refractivity contribution in [3.05, 3.63) is 29.1 Å². The molecule has 0 radical (unpaired) electrons. The molecule has 0 bridgehead atoms. The molecule has 20 heavy (non-hydrogen) atoms. The number of aliphatic hydroxyl groups is 1. The van der Waals surface area contributed by atoms with Crippen molar-refractivity contribution < 1.29 is 19.5 Å². The first-order valence-electron chi connectivity index (χ1n) is 6.31. The molecule has 3 rings (SSSR count). The third kappa shape index (κ3) is 1.70. The quantitative estimate of drug-likeness (QED) is 0.678. The van der Waals surface area contributed by atoms with E-state index in [0.717, 1.165) is 4.90 Å². The number of nitrogens with one attached hydrogen (secondary N) is 1. The molecule has 1 aromatic rings. The topological polar surface area (TPSA) is 99.6 Å². The lowest BCUT2D eigenvalue weighted by molar-refractivity contribution is -0.129. The first kappa shape index (κ1) is 12.7. The van der Waals surface area contributed by atoms with E-state index in [1.165, 1.54) is 6.20 Å².